The summed E-state index contributed by atoms with van der Waals surface area (Å²) in [6, 6.07) is 4.01. The summed E-state index contributed by atoms with van der Waals surface area (Å²) in [6.07, 6.45) is 2.82. The number of hydrogen-bond acceptors (Lipinski definition) is 4. The van der Waals surface area contributed by atoms with Crippen LogP contribution in [0, 0.1) is 12.8 Å². The summed E-state index contributed by atoms with van der Waals surface area (Å²) < 4.78 is 5.48. The summed E-state index contributed by atoms with van der Waals surface area (Å²) in [5.41, 5.74) is 1.20. The third kappa shape index (κ3) is 1.89. The van der Waals surface area contributed by atoms with Gasteiger partial charge in [0.2, 0.25) is 0 Å². The van der Waals surface area contributed by atoms with Gasteiger partial charge in [0.1, 0.15) is 11.5 Å². The van der Waals surface area contributed by atoms with Gasteiger partial charge >= 0.3 is 0 Å². The van der Waals surface area contributed by atoms with Crippen molar-refractivity contribution in [3.05, 3.63) is 29.8 Å². The van der Waals surface area contributed by atoms with Crippen LogP contribution in [0.3, 0.4) is 0 Å². The van der Waals surface area contributed by atoms with Crippen molar-refractivity contribution in [1.82, 2.24) is 15.2 Å². The number of carbonyl (C=O) groups is 1. The van der Waals surface area contributed by atoms with Crippen molar-refractivity contribution >= 4 is 16.9 Å². The number of fused-ring (bicyclic) bond motifs is 3. The van der Waals surface area contributed by atoms with Gasteiger partial charge in [-0.2, -0.15) is 0 Å². The highest BCUT2D eigenvalue weighted by Gasteiger charge is 2.38. The van der Waals surface area contributed by atoms with E-state index in [1.807, 2.05) is 13.0 Å². The van der Waals surface area contributed by atoms with Gasteiger partial charge in [0.15, 0.2) is 5.58 Å². The van der Waals surface area contributed by atoms with E-state index in [1.54, 1.807) is 12.3 Å². The molecule has 4 rings (SSSR count). The van der Waals surface area contributed by atoms with E-state index in [0.29, 0.717) is 11.6 Å². The van der Waals surface area contributed by atoms with Crippen LogP contribution in [0.4, 0.5) is 0 Å². The van der Waals surface area contributed by atoms with E-state index in [-0.39, 0.29) is 13.4 Å². The molecule has 1 N–H and O–H groups in total. The maximum atomic E-state index is 12.3. The second-order valence-corrected chi connectivity index (χ2v) is 5.85. The number of furan rings is 1. The quantitative estimate of drug-likeness (QED) is 0.906. The summed E-state index contributed by atoms with van der Waals surface area (Å²) in [5, 5.41) is 4.05. The van der Waals surface area contributed by atoms with E-state index in [1.165, 1.54) is 13.0 Å². The minimum Gasteiger partial charge on any atom is -0.460 e. The van der Waals surface area contributed by atoms with E-state index in [2.05, 4.69) is 15.2 Å². The fourth-order valence-corrected chi connectivity index (χ4v) is 3.39. The Morgan fingerprint density at radius 3 is 3.15 bits per heavy atom. The highest BCUT2D eigenvalue weighted by atomic mass is 16.3. The molecule has 2 aromatic rings. The molecule has 3 atom stereocenters. The number of nitrogens with one attached hydrogen (secondary N) is 1. The Balaban J connectivity index is 0.00000132. The van der Waals surface area contributed by atoms with Gasteiger partial charge in [0.25, 0.3) is 5.91 Å². The molecule has 5 nitrogen and oxygen atoms in total. The monoisotopic (exact) mass is 273 g/mol. The van der Waals surface area contributed by atoms with Gasteiger partial charge in [-0.3, -0.25) is 4.79 Å². The van der Waals surface area contributed by atoms with Gasteiger partial charge in [-0.05, 0) is 37.9 Å². The lowest BCUT2D eigenvalue weighted by Crippen LogP contribution is -2.43. The first-order valence-electron chi connectivity index (χ1n) is 7.08. The van der Waals surface area contributed by atoms with Crippen molar-refractivity contribution in [2.24, 2.45) is 5.92 Å². The summed E-state index contributed by atoms with van der Waals surface area (Å²) in [6.45, 7) is 5.17. The average Bonchev–Trinajstić information content (AvgIpc) is 3.10. The molecule has 2 saturated heterocycles. The van der Waals surface area contributed by atoms with E-state index in [4.69, 9.17) is 4.42 Å². The third-order valence-electron chi connectivity index (χ3n) is 4.41. The largest absolute Gasteiger partial charge is 0.460 e. The number of amides is 1. The molecular formula is C15H19N3O2. The zero-order chi connectivity index (χ0) is 13.7. The predicted molar refractivity (Wildman–Crippen MR) is 76.7 cm³/mol. The van der Waals surface area contributed by atoms with Crippen molar-refractivity contribution in [2.75, 3.05) is 19.6 Å². The lowest BCUT2D eigenvalue weighted by atomic mass is 10.00. The Kier molecular flexibility index (Phi) is 2.57. The fraction of sp³-hybridized carbons (Fsp3) is 0.467. The van der Waals surface area contributed by atoms with E-state index in [0.717, 1.165) is 29.8 Å². The van der Waals surface area contributed by atoms with Crippen molar-refractivity contribution in [2.45, 2.75) is 19.4 Å². The van der Waals surface area contributed by atoms with Crippen LogP contribution in [0.2, 0.25) is 0 Å². The maximum absolute atomic E-state index is 12.3. The number of piperidine rings is 1. The molecule has 0 aromatic carbocycles. The standard InChI is InChI=1S/C15H17N3O2.H2/c1-9-4-11-5-12(16-6-14(11)20-9)15(19)17-13-8-18-3-2-10(13)7-18;/h4-6,10,13H,2-3,7-8H2,1H3,(H,17,19);1H. The van der Waals surface area contributed by atoms with Crippen LogP contribution < -0.4 is 5.32 Å². The normalized spacial score (nSPS) is 28.1. The van der Waals surface area contributed by atoms with Crippen LogP contribution in [-0.4, -0.2) is 41.5 Å². The highest BCUT2D eigenvalue weighted by Crippen LogP contribution is 2.28. The second kappa shape index (κ2) is 4.31. The van der Waals surface area contributed by atoms with Crippen molar-refractivity contribution in [3.63, 3.8) is 0 Å². The smallest absolute Gasteiger partial charge is 0.270 e. The minimum atomic E-state index is -0.0792. The van der Waals surface area contributed by atoms with E-state index < -0.39 is 0 Å². The third-order valence-corrected chi connectivity index (χ3v) is 4.41. The Morgan fingerprint density at radius 1 is 1.50 bits per heavy atom. The summed E-state index contributed by atoms with van der Waals surface area (Å²) >= 11 is 0. The molecule has 2 aliphatic rings. The number of nitrogens with zero attached hydrogens (tertiary/aromatic N) is 2. The van der Waals surface area contributed by atoms with Crippen LogP contribution in [0.1, 0.15) is 24.1 Å². The van der Waals surface area contributed by atoms with E-state index >= 15 is 0 Å². The van der Waals surface area contributed by atoms with Crippen LogP contribution in [-0.2, 0) is 0 Å². The highest BCUT2D eigenvalue weighted by molar-refractivity contribution is 5.95. The van der Waals surface area contributed by atoms with Crippen molar-refractivity contribution in [3.8, 4) is 0 Å². The number of carbonyl (C=O) groups excluding carboxylic acids is 1. The molecule has 2 fully saturated rings. The lowest BCUT2D eigenvalue weighted by molar-refractivity contribution is 0.0919. The van der Waals surface area contributed by atoms with E-state index in [9.17, 15) is 4.79 Å². The molecule has 0 radical (unpaired) electrons. The molecule has 2 bridgehead atoms. The molecule has 20 heavy (non-hydrogen) atoms. The zero-order valence-electron chi connectivity index (χ0n) is 11.4. The number of aryl methyl sites for hydroxylation is 1. The molecule has 0 aliphatic carbocycles. The van der Waals surface area contributed by atoms with Crippen molar-refractivity contribution in [1.29, 1.82) is 0 Å². The van der Waals surface area contributed by atoms with Gasteiger partial charge in [-0.25, -0.2) is 4.98 Å². The van der Waals surface area contributed by atoms with Crippen LogP contribution in [0.15, 0.2) is 22.7 Å². The molecular weight excluding hydrogens is 254 g/mol. The molecule has 0 spiro atoms. The van der Waals surface area contributed by atoms with Gasteiger partial charge in [-0.15, -0.1) is 0 Å². The topological polar surface area (TPSA) is 58.4 Å². The molecule has 3 unspecified atom stereocenters. The Bertz CT molecular complexity index is 685. The molecule has 1 amide bonds. The molecule has 106 valence electrons. The summed E-state index contributed by atoms with van der Waals surface area (Å²) in [4.78, 5) is 18.9. The summed E-state index contributed by atoms with van der Waals surface area (Å²) in [7, 11) is 0. The first-order valence-corrected chi connectivity index (χ1v) is 7.08. The van der Waals surface area contributed by atoms with Gasteiger partial charge in [0.05, 0.1) is 6.20 Å². The first kappa shape index (κ1) is 11.9. The minimum absolute atomic E-state index is 0. The molecule has 4 heterocycles. The Hall–Kier alpha value is -1.88. The lowest BCUT2D eigenvalue weighted by Gasteiger charge is -2.22. The molecule has 2 aromatic heterocycles. The Morgan fingerprint density at radius 2 is 2.40 bits per heavy atom. The van der Waals surface area contributed by atoms with Gasteiger partial charge in [0, 0.05) is 25.9 Å². The SMILES string of the molecule is Cc1cc2cc(C(=O)NC3CN4CCC3C4)ncc2o1.[HH]. The maximum Gasteiger partial charge on any atom is 0.270 e. The number of pyridine rings is 1. The van der Waals surface area contributed by atoms with Crippen LogP contribution in [0.25, 0.3) is 11.0 Å². The van der Waals surface area contributed by atoms with Crippen LogP contribution >= 0.6 is 0 Å². The predicted octanol–water partition coefficient (Wildman–Crippen LogP) is 1.82. The molecule has 0 saturated carbocycles. The molecule has 2 aliphatic heterocycles. The number of hydrogen-bond donors (Lipinski definition) is 1. The van der Waals surface area contributed by atoms with Crippen molar-refractivity contribution < 1.29 is 10.6 Å². The number of rotatable bonds is 2. The van der Waals surface area contributed by atoms with Crippen LogP contribution in [0.5, 0.6) is 0 Å². The van der Waals surface area contributed by atoms with Gasteiger partial charge in [-0.1, -0.05) is 0 Å². The van der Waals surface area contributed by atoms with Gasteiger partial charge < -0.3 is 14.6 Å². The Labute approximate surface area is 118 Å². The number of aromatic nitrogens is 1. The average molecular weight is 273 g/mol. The summed E-state index contributed by atoms with van der Waals surface area (Å²) in [5.74, 6) is 1.36. The fourth-order valence-electron chi connectivity index (χ4n) is 3.39. The zero-order valence-corrected chi connectivity index (χ0v) is 11.4. The first-order chi connectivity index (χ1) is 9.69. The molecule has 5 heteroatoms. The second-order valence-electron chi connectivity index (χ2n) is 5.85.